The number of amides is 1. The molecule has 1 fully saturated rings. The van der Waals surface area contributed by atoms with Crippen LogP contribution < -0.4 is 11.1 Å². The highest BCUT2D eigenvalue weighted by atomic mass is 35.5. The monoisotopic (exact) mass is 335 g/mol. The second-order valence-electron chi connectivity index (χ2n) is 4.70. The van der Waals surface area contributed by atoms with Crippen LogP contribution in [0.3, 0.4) is 0 Å². The molecule has 1 aromatic rings. The zero-order valence-electron chi connectivity index (χ0n) is 12.1. The molecular weight excluding hydrogens is 313 g/mol. The number of rotatable bonds is 4. The largest absolute Gasteiger partial charge is 0.379 e. The molecule has 0 saturated carbocycles. The Bertz CT molecular complexity index is 423. The van der Waals surface area contributed by atoms with Gasteiger partial charge in [0.2, 0.25) is 5.91 Å². The summed E-state index contributed by atoms with van der Waals surface area (Å²) in [4.78, 5) is 13.6. The van der Waals surface area contributed by atoms with Gasteiger partial charge >= 0.3 is 0 Å². The molecule has 21 heavy (non-hydrogen) atoms. The van der Waals surface area contributed by atoms with Crippen molar-refractivity contribution in [2.75, 3.05) is 38.2 Å². The normalized spacial score (nSPS) is 16.3. The fraction of sp³-hybridized carbons (Fsp3) is 0.500. The van der Waals surface area contributed by atoms with Crippen LogP contribution in [0.4, 0.5) is 5.69 Å². The fourth-order valence-electron chi connectivity index (χ4n) is 2.23. The Balaban J connectivity index is 0.00000200. The first kappa shape index (κ1) is 20.1. The number of hydrogen-bond donors (Lipinski definition) is 2. The minimum absolute atomic E-state index is 0. The molecule has 0 aromatic heterocycles. The van der Waals surface area contributed by atoms with Crippen LogP contribution in [0.1, 0.15) is 18.5 Å². The van der Waals surface area contributed by atoms with Gasteiger partial charge in [-0.2, -0.15) is 0 Å². The summed E-state index contributed by atoms with van der Waals surface area (Å²) in [7, 11) is 0. The number of nitrogens with two attached hydrogens (primary N) is 1. The van der Waals surface area contributed by atoms with Gasteiger partial charge in [-0.25, -0.2) is 0 Å². The van der Waals surface area contributed by atoms with Crippen molar-refractivity contribution in [1.82, 2.24) is 4.90 Å². The van der Waals surface area contributed by atoms with Crippen molar-refractivity contribution in [3.63, 3.8) is 0 Å². The first-order valence-electron chi connectivity index (χ1n) is 6.62. The van der Waals surface area contributed by atoms with E-state index in [9.17, 15) is 4.79 Å². The lowest BCUT2D eigenvalue weighted by Crippen LogP contribution is -2.38. The first-order chi connectivity index (χ1) is 9.20. The van der Waals surface area contributed by atoms with Crippen LogP contribution in [0.15, 0.2) is 24.3 Å². The molecule has 1 aromatic carbocycles. The van der Waals surface area contributed by atoms with E-state index < -0.39 is 0 Å². The number of nitrogens with zero attached hydrogens (tertiary/aromatic N) is 1. The summed E-state index contributed by atoms with van der Waals surface area (Å²) in [5.41, 5.74) is 7.29. The predicted molar refractivity (Wildman–Crippen MR) is 89.4 cm³/mol. The molecule has 1 saturated heterocycles. The van der Waals surface area contributed by atoms with E-state index in [1.54, 1.807) is 0 Å². The quantitative estimate of drug-likeness (QED) is 0.880. The highest BCUT2D eigenvalue weighted by Crippen LogP contribution is 2.22. The number of carbonyl (C=O) groups is 1. The Morgan fingerprint density at radius 3 is 2.38 bits per heavy atom. The van der Waals surface area contributed by atoms with Gasteiger partial charge in [-0.3, -0.25) is 9.69 Å². The van der Waals surface area contributed by atoms with Crippen molar-refractivity contribution in [3.8, 4) is 0 Å². The van der Waals surface area contributed by atoms with Gasteiger partial charge in [0.25, 0.3) is 0 Å². The molecule has 1 unspecified atom stereocenters. The molecule has 5 nitrogen and oxygen atoms in total. The van der Waals surface area contributed by atoms with Gasteiger partial charge in [-0.05, 0) is 24.6 Å². The van der Waals surface area contributed by atoms with Crippen LogP contribution in [0, 0.1) is 0 Å². The zero-order valence-corrected chi connectivity index (χ0v) is 13.7. The van der Waals surface area contributed by atoms with E-state index in [2.05, 4.69) is 17.1 Å². The average Bonchev–Trinajstić information content (AvgIpc) is 2.48. The molecule has 0 spiro atoms. The average molecular weight is 336 g/mol. The number of ether oxygens (including phenoxy) is 1. The number of benzene rings is 1. The number of hydrogen-bond acceptors (Lipinski definition) is 4. The van der Waals surface area contributed by atoms with E-state index in [-0.39, 0.29) is 37.3 Å². The SMILES string of the molecule is CC(c1ccc(NC(=O)CN)cc1)N1CCOCC1.Cl.Cl. The molecular formula is C14H23Cl2N3O2. The van der Waals surface area contributed by atoms with Crippen LogP contribution in [0.5, 0.6) is 0 Å². The van der Waals surface area contributed by atoms with Crippen LogP contribution in [-0.2, 0) is 9.53 Å². The van der Waals surface area contributed by atoms with E-state index in [0.29, 0.717) is 6.04 Å². The van der Waals surface area contributed by atoms with Crippen molar-refractivity contribution in [3.05, 3.63) is 29.8 Å². The molecule has 2 rings (SSSR count). The topological polar surface area (TPSA) is 67.6 Å². The summed E-state index contributed by atoms with van der Waals surface area (Å²) >= 11 is 0. The number of anilines is 1. The smallest absolute Gasteiger partial charge is 0.238 e. The van der Waals surface area contributed by atoms with Crippen molar-refractivity contribution in [1.29, 1.82) is 0 Å². The first-order valence-corrected chi connectivity index (χ1v) is 6.62. The predicted octanol–water partition coefficient (Wildman–Crippen LogP) is 1.82. The molecule has 120 valence electrons. The van der Waals surface area contributed by atoms with Gasteiger partial charge in [-0.1, -0.05) is 12.1 Å². The van der Waals surface area contributed by atoms with Crippen LogP contribution in [-0.4, -0.2) is 43.7 Å². The van der Waals surface area contributed by atoms with E-state index in [1.807, 2.05) is 24.3 Å². The van der Waals surface area contributed by atoms with Gasteiger partial charge in [-0.15, -0.1) is 24.8 Å². The minimum Gasteiger partial charge on any atom is -0.379 e. The maximum absolute atomic E-state index is 11.2. The van der Waals surface area contributed by atoms with Crippen LogP contribution >= 0.6 is 24.8 Å². The van der Waals surface area contributed by atoms with Crippen molar-refractivity contribution < 1.29 is 9.53 Å². The van der Waals surface area contributed by atoms with Crippen molar-refractivity contribution in [2.24, 2.45) is 5.73 Å². The lowest BCUT2D eigenvalue weighted by atomic mass is 10.1. The van der Waals surface area contributed by atoms with E-state index in [4.69, 9.17) is 10.5 Å². The Morgan fingerprint density at radius 1 is 1.29 bits per heavy atom. The zero-order chi connectivity index (χ0) is 13.7. The summed E-state index contributed by atoms with van der Waals surface area (Å²) in [6, 6.07) is 8.29. The third-order valence-electron chi connectivity index (χ3n) is 3.46. The Kier molecular flexibility index (Phi) is 9.57. The van der Waals surface area contributed by atoms with E-state index in [0.717, 1.165) is 32.0 Å². The molecule has 7 heteroatoms. The van der Waals surface area contributed by atoms with Gasteiger partial charge in [0.1, 0.15) is 0 Å². The third-order valence-corrected chi connectivity index (χ3v) is 3.46. The fourth-order valence-corrected chi connectivity index (χ4v) is 2.23. The lowest BCUT2D eigenvalue weighted by molar-refractivity contribution is -0.114. The van der Waals surface area contributed by atoms with E-state index >= 15 is 0 Å². The number of carbonyl (C=O) groups excluding carboxylic acids is 1. The summed E-state index contributed by atoms with van der Waals surface area (Å²) in [5.74, 6) is -0.172. The maximum Gasteiger partial charge on any atom is 0.238 e. The molecule has 3 N–H and O–H groups in total. The lowest BCUT2D eigenvalue weighted by Gasteiger charge is -2.32. The van der Waals surface area contributed by atoms with Gasteiger partial charge < -0.3 is 15.8 Å². The summed E-state index contributed by atoms with van der Waals surface area (Å²) < 4.78 is 5.36. The summed E-state index contributed by atoms with van der Waals surface area (Å²) in [6.45, 7) is 5.73. The summed E-state index contributed by atoms with van der Waals surface area (Å²) in [6.07, 6.45) is 0. The molecule has 1 amide bonds. The maximum atomic E-state index is 11.2. The molecule has 1 aliphatic rings. The standard InChI is InChI=1S/C14H21N3O2.2ClH/c1-11(17-6-8-19-9-7-17)12-2-4-13(5-3-12)16-14(18)10-15;;/h2-5,11H,6-10,15H2,1H3,(H,16,18);2*1H. The number of morpholine rings is 1. The second kappa shape index (κ2) is 9.97. The van der Waals surface area contributed by atoms with Crippen LogP contribution in [0.2, 0.25) is 0 Å². The van der Waals surface area contributed by atoms with E-state index in [1.165, 1.54) is 5.56 Å². The summed E-state index contributed by atoms with van der Waals surface area (Å²) in [5, 5.41) is 2.74. The Labute approximate surface area is 138 Å². The van der Waals surface area contributed by atoms with Crippen LogP contribution in [0.25, 0.3) is 0 Å². The van der Waals surface area contributed by atoms with Gasteiger partial charge in [0, 0.05) is 24.8 Å². The van der Waals surface area contributed by atoms with Crippen molar-refractivity contribution in [2.45, 2.75) is 13.0 Å². The molecule has 1 aliphatic heterocycles. The number of halogens is 2. The third kappa shape index (κ3) is 5.80. The highest BCUT2D eigenvalue weighted by Gasteiger charge is 2.18. The second-order valence-corrected chi connectivity index (χ2v) is 4.70. The highest BCUT2D eigenvalue weighted by molar-refractivity contribution is 5.92. The van der Waals surface area contributed by atoms with Crippen molar-refractivity contribution >= 4 is 36.4 Å². The Hall–Kier alpha value is -0.850. The number of nitrogens with one attached hydrogen (secondary N) is 1. The van der Waals surface area contributed by atoms with Gasteiger partial charge in [0.15, 0.2) is 0 Å². The molecule has 1 atom stereocenters. The molecule has 0 bridgehead atoms. The Morgan fingerprint density at radius 2 is 1.86 bits per heavy atom. The minimum atomic E-state index is -0.172. The molecule has 1 heterocycles. The van der Waals surface area contributed by atoms with Gasteiger partial charge in [0.05, 0.1) is 19.8 Å². The molecule has 0 aliphatic carbocycles. The molecule has 0 radical (unpaired) electrons.